The number of aromatic nitrogens is 2. The lowest BCUT2D eigenvalue weighted by Gasteiger charge is -2.09. The summed E-state index contributed by atoms with van der Waals surface area (Å²) in [7, 11) is 1.55. The van der Waals surface area contributed by atoms with E-state index in [2.05, 4.69) is 20.8 Å². The number of benzene rings is 2. The fraction of sp³-hybridized carbons (Fsp3) is 0.105. The van der Waals surface area contributed by atoms with Gasteiger partial charge in [0, 0.05) is 6.54 Å². The molecule has 0 spiro atoms. The van der Waals surface area contributed by atoms with Gasteiger partial charge in [0.2, 0.25) is 0 Å². The quantitative estimate of drug-likeness (QED) is 0.723. The summed E-state index contributed by atoms with van der Waals surface area (Å²) in [6, 6.07) is 20.5. The number of hydrogen-bond acceptors (Lipinski definition) is 5. The Hall–Kier alpha value is -3.41. The van der Waals surface area contributed by atoms with Crippen LogP contribution < -0.4 is 15.4 Å². The van der Waals surface area contributed by atoms with Crippen molar-refractivity contribution in [2.75, 3.05) is 17.7 Å². The normalized spacial score (nSPS) is 10.1. The van der Waals surface area contributed by atoms with Crippen LogP contribution in [0.15, 0.2) is 66.7 Å². The molecule has 0 aliphatic carbocycles. The van der Waals surface area contributed by atoms with Crippen molar-refractivity contribution in [2.45, 2.75) is 6.54 Å². The van der Waals surface area contributed by atoms with Crippen molar-refractivity contribution in [1.29, 1.82) is 0 Å². The van der Waals surface area contributed by atoms with Crippen molar-refractivity contribution in [2.24, 2.45) is 0 Å². The number of para-hydroxylation sites is 2. The Morgan fingerprint density at radius 3 is 2.44 bits per heavy atom. The van der Waals surface area contributed by atoms with Crippen LogP contribution in [0, 0.1) is 0 Å². The highest BCUT2D eigenvalue weighted by atomic mass is 16.5. The second kappa shape index (κ2) is 7.92. The summed E-state index contributed by atoms with van der Waals surface area (Å²) in [5, 5.41) is 14.0. The van der Waals surface area contributed by atoms with Crippen LogP contribution in [0.1, 0.15) is 16.1 Å². The van der Waals surface area contributed by atoms with Gasteiger partial charge in [-0.25, -0.2) is 0 Å². The van der Waals surface area contributed by atoms with Gasteiger partial charge >= 0.3 is 0 Å². The standard InChI is InChI=1S/C19H18N4O2/c1-25-17-10-6-5-9-15(17)21-19(24)16-11-12-18(23-22-16)20-13-14-7-3-2-4-8-14/h2-12H,13H2,1H3,(H,20,23)(H,21,24). The van der Waals surface area contributed by atoms with Crippen molar-refractivity contribution in [3.05, 3.63) is 78.0 Å². The first-order valence-electron chi connectivity index (χ1n) is 7.82. The molecule has 0 aliphatic rings. The van der Waals surface area contributed by atoms with E-state index in [-0.39, 0.29) is 11.6 Å². The number of carbonyl (C=O) groups excluding carboxylic acids is 1. The molecule has 3 rings (SSSR count). The molecule has 0 unspecified atom stereocenters. The number of carbonyl (C=O) groups is 1. The third-order valence-electron chi connectivity index (χ3n) is 3.57. The second-order valence-electron chi connectivity index (χ2n) is 5.30. The van der Waals surface area contributed by atoms with E-state index in [1.807, 2.05) is 42.5 Å². The topological polar surface area (TPSA) is 76.1 Å². The number of rotatable bonds is 6. The van der Waals surface area contributed by atoms with Crippen molar-refractivity contribution in [3.63, 3.8) is 0 Å². The lowest BCUT2D eigenvalue weighted by atomic mass is 10.2. The molecule has 126 valence electrons. The lowest BCUT2D eigenvalue weighted by Crippen LogP contribution is -2.15. The molecule has 0 bridgehead atoms. The average molecular weight is 334 g/mol. The molecule has 6 heteroatoms. The van der Waals surface area contributed by atoms with Crippen LogP contribution in [0.5, 0.6) is 5.75 Å². The highest BCUT2D eigenvalue weighted by Crippen LogP contribution is 2.23. The molecule has 0 radical (unpaired) electrons. The smallest absolute Gasteiger partial charge is 0.276 e. The molecule has 0 aliphatic heterocycles. The van der Waals surface area contributed by atoms with Gasteiger partial charge in [-0.05, 0) is 29.8 Å². The molecule has 0 fully saturated rings. The summed E-state index contributed by atoms with van der Waals surface area (Å²) >= 11 is 0. The summed E-state index contributed by atoms with van der Waals surface area (Å²) in [6.07, 6.45) is 0. The van der Waals surface area contributed by atoms with Crippen LogP contribution >= 0.6 is 0 Å². The number of amides is 1. The molecule has 2 N–H and O–H groups in total. The van der Waals surface area contributed by atoms with E-state index >= 15 is 0 Å². The van der Waals surface area contributed by atoms with E-state index < -0.39 is 0 Å². The molecule has 1 aromatic heterocycles. The van der Waals surface area contributed by atoms with Crippen molar-refractivity contribution >= 4 is 17.4 Å². The maximum atomic E-state index is 12.3. The number of nitrogens with one attached hydrogen (secondary N) is 2. The summed E-state index contributed by atoms with van der Waals surface area (Å²) in [6.45, 7) is 0.641. The molecular weight excluding hydrogens is 316 g/mol. The fourth-order valence-electron chi connectivity index (χ4n) is 2.27. The zero-order chi connectivity index (χ0) is 17.5. The van der Waals surface area contributed by atoms with Gasteiger partial charge in [0.1, 0.15) is 11.6 Å². The van der Waals surface area contributed by atoms with E-state index in [4.69, 9.17) is 4.74 Å². The monoisotopic (exact) mass is 334 g/mol. The molecule has 6 nitrogen and oxygen atoms in total. The van der Waals surface area contributed by atoms with Crippen LogP contribution in [-0.2, 0) is 6.54 Å². The first kappa shape index (κ1) is 16.4. The molecule has 25 heavy (non-hydrogen) atoms. The Balaban J connectivity index is 1.62. The Bertz CT molecular complexity index is 836. The zero-order valence-electron chi connectivity index (χ0n) is 13.8. The maximum Gasteiger partial charge on any atom is 0.276 e. The minimum Gasteiger partial charge on any atom is -0.495 e. The van der Waals surface area contributed by atoms with Crippen molar-refractivity contribution < 1.29 is 9.53 Å². The average Bonchev–Trinajstić information content (AvgIpc) is 2.68. The van der Waals surface area contributed by atoms with Gasteiger partial charge in [0.05, 0.1) is 12.8 Å². The van der Waals surface area contributed by atoms with Crippen molar-refractivity contribution in [3.8, 4) is 5.75 Å². The zero-order valence-corrected chi connectivity index (χ0v) is 13.8. The maximum absolute atomic E-state index is 12.3. The minimum absolute atomic E-state index is 0.233. The lowest BCUT2D eigenvalue weighted by molar-refractivity contribution is 0.102. The minimum atomic E-state index is -0.341. The molecular formula is C19H18N4O2. The molecule has 3 aromatic rings. The van der Waals surface area contributed by atoms with Crippen LogP contribution in [0.4, 0.5) is 11.5 Å². The van der Waals surface area contributed by atoms with E-state index in [1.165, 1.54) is 0 Å². The molecule has 0 saturated carbocycles. The molecule has 2 aromatic carbocycles. The number of nitrogens with zero attached hydrogens (tertiary/aromatic N) is 2. The number of ether oxygens (including phenoxy) is 1. The van der Waals surface area contributed by atoms with Gasteiger partial charge in [-0.3, -0.25) is 4.79 Å². The Morgan fingerprint density at radius 2 is 1.72 bits per heavy atom. The highest BCUT2D eigenvalue weighted by Gasteiger charge is 2.11. The SMILES string of the molecule is COc1ccccc1NC(=O)c1ccc(NCc2ccccc2)nn1. The third-order valence-corrected chi connectivity index (χ3v) is 3.57. The van der Waals surface area contributed by atoms with Gasteiger partial charge in [0.25, 0.3) is 5.91 Å². The predicted octanol–water partition coefficient (Wildman–Crippen LogP) is 3.35. The molecule has 1 amide bonds. The number of hydrogen-bond donors (Lipinski definition) is 2. The summed E-state index contributed by atoms with van der Waals surface area (Å²) < 4.78 is 5.21. The van der Waals surface area contributed by atoms with Gasteiger partial charge in [0.15, 0.2) is 5.69 Å². The van der Waals surface area contributed by atoms with E-state index in [9.17, 15) is 4.79 Å². The molecule has 0 saturated heterocycles. The summed E-state index contributed by atoms with van der Waals surface area (Å²) in [5.74, 6) is 0.856. The second-order valence-corrected chi connectivity index (χ2v) is 5.30. The predicted molar refractivity (Wildman–Crippen MR) is 96.7 cm³/mol. The summed E-state index contributed by atoms with van der Waals surface area (Å²) in [4.78, 5) is 12.3. The van der Waals surface area contributed by atoms with Crippen LogP contribution in [0.3, 0.4) is 0 Å². The van der Waals surface area contributed by atoms with E-state index in [0.29, 0.717) is 23.8 Å². The van der Waals surface area contributed by atoms with Gasteiger partial charge in [-0.2, -0.15) is 0 Å². The molecule has 1 heterocycles. The van der Waals surface area contributed by atoms with Crippen LogP contribution in [0.25, 0.3) is 0 Å². The van der Waals surface area contributed by atoms with Gasteiger partial charge < -0.3 is 15.4 Å². The number of methoxy groups -OCH3 is 1. The molecule has 0 atom stereocenters. The first-order valence-corrected chi connectivity index (χ1v) is 7.82. The summed E-state index contributed by atoms with van der Waals surface area (Å²) in [5.41, 5.74) is 1.96. The number of anilines is 2. The van der Waals surface area contributed by atoms with Crippen LogP contribution in [0.2, 0.25) is 0 Å². The largest absolute Gasteiger partial charge is 0.495 e. The Kier molecular flexibility index (Phi) is 5.21. The van der Waals surface area contributed by atoms with Gasteiger partial charge in [-0.1, -0.05) is 42.5 Å². The third kappa shape index (κ3) is 4.32. The van der Waals surface area contributed by atoms with E-state index in [0.717, 1.165) is 5.56 Å². The van der Waals surface area contributed by atoms with Crippen LogP contribution in [-0.4, -0.2) is 23.2 Å². The van der Waals surface area contributed by atoms with E-state index in [1.54, 1.807) is 31.4 Å². The first-order chi connectivity index (χ1) is 12.3. The Morgan fingerprint density at radius 1 is 0.960 bits per heavy atom. The Labute approximate surface area is 145 Å². The van der Waals surface area contributed by atoms with Crippen molar-refractivity contribution in [1.82, 2.24) is 10.2 Å². The van der Waals surface area contributed by atoms with Gasteiger partial charge in [-0.15, -0.1) is 10.2 Å². The fourth-order valence-corrected chi connectivity index (χ4v) is 2.27. The highest BCUT2D eigenvalue weighted by molar-refractivity contribution is 6.03.